The molecule has 0 aliphatic rings. The number of benzene rings is 2. The molecule has 8 nitrogen and oxygen atoms in total. The lowest BCUT2D eigenvalue weighted by atomic mass is 10.1. The molecule has 0 unspecified atom stereocenters. The summed E-state index contributed by atoms with van der Waals surface area (Å²) in [6.45, 7) is 3.80. The topological polar surface area (TPSA) is 84.0 Å². The zero-order valence-electron chi connectivity index (χ0n) is 19.3. The molecule has 8 heteroatoms. The molecule has 1 heterocycles. The van der Waals surface area contributed by atoms with Gasteiger partial charge in [0.2, 0.25) is 5.75 Å². The van der Waals surface area contributed by atoms with E-state index in [1.54, 1.807) is 21.3 Å². The van der Waals surface area contributed by atoms with Gasteiger partial charge >= 0.3 is 0 Å². The van der Waals surface area contributed by atoms with E-state index < -0.39 is 0 Å². The van der Waals surface area contributed by atoms with Crippen LogP contribution in [0.4, 0.5) is 0 Å². The molecule has 2 aromatic carbocycles. The minimum Gasteiger partial charge on any atom is -0.493 e. The minimum absolute atomic E-state index is 0.420. The number of hydrogen-bond donors (Lipinski definition) is 2. The Morgan fingerprint density at radius 2 is 1.78 bits per heavy atom. The summed E-state index contributed by atoms with van der Waals surface area (Å²) in [7, 11) is 6.80. The maximum Gasteiger partial charge on any atom is 0.203 e. The molecule has 0 radical (unpaired) electrons. The number of hydrogen-bond acceptors (Lipinski definition) is 5. The number of aromatic nitrogens is 2. The smallest absolute Gasteiger partial charge is 0.203 e. The van der Waals surface area contributed by atoms with Gasteiger partial charge < -0.3 is 29.4 Å². The maximum absolute atomic E-state index is 5.58. The number of H-pyrrole nitrogens is 1. The average molecular weight is 438 g/mol. The summed E-state index contributed by atoms with van der Waals surface area (Å²) in [5.74, 6) is 3.42. The molecule has 0 aliphatic carbocycles. The van der Waals surface area contributed by atoms with Gasteiger partial charge in [0.15, 0.2) is 17.5 Å². The monoisotopic (exact) mass is 437 g/mol. The van der Waals surface area contributed by atoms with Gasteiger partial charge in [0.25, 0.3) is 0 Å². The summed E-state index contributed by atoms with van der Waals surface area (Å²) < 4.78 is 16.4. The summed E-state index contributed by atoms with van der Waals surface area (Å²) in [5, 5.41) is 3.34. The maximum atomic E-state index is 5.58. The van der Waals surface area contributed by atoms with Crippen LogP contribution in [-0.4, -0.2) is 55.7 Å². The van der Waals surface area contributed by atoms with Gasteiger partial charge in [-0.25, -0.2) is 9.98 Å². The lowest BCUT2D eigenvalue weighted by Crippen LogP contribution is -2.38. The highest BCUT2D eigenvalue weighted by Crippen LogP contribution is 2.40. The van der Waals surface area contributed by atoms with E-state index in [2.05, 4.69) is 27.4 Å². The molecule has 0 aliphatic heterocycles. The van der Waals surface area contributed by atoms with Crippen LogP contribution >= 0.6 is 0 Å². The average Bonchev–Trinajstić information content (AvgIpc) is 3.29. The fourth-order valence-electron chi connectivity index (χ4n) is 3.42. The first-order valence-electron chi connectivity index (χ1n) is 10.5. The number of aromatic amines is 1. The van der Waals surface area contributed by atoms with E-state index in [1.165, 1.54) is 0 Å². The van der Waals surface area contributed by atoms with Crippen molar-refractivity contribution in [2.24, 2.45) is 4.99 Å². The van der Waals surface area contributed by atoms with Crippen LogP contribution < -0.4 is 19.5 Å². The summed E-state index contributed by atoms with van der Waals surface area (Å²) in [4.78, 5) is 14.8. The number of rotatable bonds is 9. The molecular weight excluding hydrogens is 406 g/mol. The SMILES string of the molecule is CCNC(=NCc1ccc(OC)c(OC)c1OC)N(C)Cc1ncc(-c2ccccc2)[nH]1. The first kappa shape index (κ1) is 23.0. The molecular formula is C24H31N5O3. The summed E-state index contributed by atoms with van der Waals surface area (Å²) in [6.07, 6.45) is 1.86. The van der Waals surface area contributed by atoms with Gasteiger partial charge in [-0.15, -0.1) is 0 Å². The van der Waals surface area contributed by atoms with Crippen molar-refractivity contribution < 1.29 is 14.2 Å². The lowest BCUT2D eigenvalue weighted by Gasteiger charge is -2.21. The van der Waals surface area contributed by atoms with Crippen LogP contribution in [0.3, 0.4) is 0 Å². The van der Waals surface area contributed by atoms with Crippen molar-refractivity contribution in [1.82, 2.24) is 20.2 Å². The second kappa shape index (κ2) is 11.1. The fourth-order valence-corrected chi connectivity index (χ4v) is 3.42. The Hall–Kier alpha value is -3.68. The Balaban J connectivity index is 1.77. The number of aliphatic imine (C=N–C) groups is 1. The largest absolute Gasteiger partial charge is 0.493 e. The summed E-state index contributed by atoms with van der Waals surface area (Å²) >= 11 is 0. The minimum atomic E-state index is 0.420. The number of imidazole rings is 1. The van der Waals surface area contributed by atoms with Gasteiger partial charge in [-0.2, -0.15) is 0 Å². The molecule has 0 saturated carbocycles. The van der Waals surface area contributed by atoms with Crippen LogP contribution in [0.5, 0.6) is 17.2 Å². The Bertz CT molecular complexity index is 1030. The van der Waals surface area contributed by atoms with Crippen molar-refractivity contribution in [2.45, 2.75) is 20.0 Å². The summed E-state index contributed by atoms with van der Waals surface area (Å²) in [6, 6.07) is 13.9. The Kier molecular flexibility index (Phi) is 7.96. The molecule has 0 bridgehead atoms. The van der Waals surface area contributed by atoms with Crippen molar-refractivity contribution >= 4 is 5.96 Å². The van der Waals surface area contributed by atoms with Crippen LogP contribution in [0.15, 0.2) is 53.7 Å². The molecule has 0 spiro atoms. The normalized spacial score (nSPS) is 11.2. The third-order valence-corrected chi connectivity index (χ3v) is 4.98. The van der Waals surface area contributed by atoms with Crippen molar-refractivity contribution in [3.05, 3.63) is 60.0 Å². The van der Waals surface area contributed by atoms with Crippen LogP contribution in [0.2, 0.25) is 0 Å². The number of ether oxygens (including phenoxy) is 3. The molecule has 1 aromatic heterocycles. The quantitative estimate of drug-likeness (QED) is 0.392. The second-order valence-electron chi connectivity index (χ2n) is 7.13. The van der Waals surface area contributed by atoms with E-state index in [-0.39, 0.29) is 0 Å². The Morgan fingerprint density at radius 1 is 1.03 bits per heavy atom. The van der Waals surface area contributed by atoms with Gasteiger partial charge in [0, 0.05) is 19.2 Å². The molecule has 32 heavy (non-hydrogen) atoms. The molecule has 0 fully saturated rings. The van der Waals surface area contributed by atoms with Crippen molar-refractivity contribution in [3.63, 3.8) is 0 Å². The zero-order chi connectivity index (χ0) is 22.9. The van der Waals surface area contributed by atoms with E-state index in [0.29, 0.717) is 30.3 Å². The molecule has 0 amide bonds. The van der Waals surface area contributed by atoms with Gasteiger partial charge in [-0.3, -0.25) is 0 Å². The Morgan fingerprint density at radius 3 is 2.44 bits per heavy atom. The van der Waals surface area contributed by atoms with Crippen molar-refractivity contribution in [2.75, 3.05) is 34.9 Å². The molecule has 3 aromatic rings. The molecule has 2 N–H and O–H groups in total. The van der Waals surface area contributed by atoms with Gasteiger partial charge in [0.1, 0.15) is 5.82 Å². The van der Waals surface area contributed by atoms with E-state index in [9.17, 15) is 0 Å². The van der Waals surface area contributed by atoms with Gasteiger partial charge in [-0.05, 0) is 24.6 Å². The predicted octanol–water partition coefficient (Wildman–Crippen LogP) is 3.70. The van der Waals surface area contributed by atoms with Crippen LogP contribution in [0.25, 0.3) is 11.3 Å². The first-order valence-corrected chi connectivity index (χ1v) is 10.5. The highest BCUT2D eigenvalue weighted by molar-refractivity contribution is 5.79. The second-order valence-corrected chi connectivity index (χ2v) is 7.13. The number of nitrogens with one attached hydrogen (secondary N) is 2. The third kappa shape index (κ3) is 5.32. The fraction of sp³-hybridized carbons (Fsp3) is 0.333. The number of guanidine groups is 1. The third-order valence-electron chi connectivity index (χ3n) is 4.98. The van der Waals surface area contributed by atoms with Crippen LogP contribution in [-0.2, 0) is 13.1 Å². The predicted molar refractivity (Wildman–Crippen MR) is 126 cm³/mol. The number of nitrogens with zero attached hydrogens (tertiary/aromatic N) is 3. The van der Waals surface area contributed by atoms with Crippen LogP contribution in [0, 0.1) is 0 Å². The van der Waals surface area contributed by atoms with Crippen LogP contribution in [0.1, 0.15) is 18.3 Å². The Labute approximate surface area is 189 Å². The standard InChI is InChI=1S/C24H31N5O3/c1-6-25-24(27-14-18-12-13-20(30-3)23(32-5)22(18)31-4)29(2)16-21-26-15-19(28-21)17-10-8-7-9-11-17/h7-13,15H,6,14,16H2,1-5H3,(H,25,27)(H,26,28). The van der Waals surface area contributed by atoms with Crippen molar-refractivity contribution in [1.29, 1.82) is 0 Å². The van der Waals surface area contributed by atoms with E-state index in [1.807, 2.05) is 55.4 Å². The molecule has 170 valence electrons. The van der Waals surface area contributed by atoms with E-state index in [4.69, 9.17) is 19.2 Å². The van der Waals surface area contributed by atoms with Gasteiger partial charge in [-0.1, -0.05) is 30.3 Å². The first-order chi connectivity index (χ1) is 15.6. The van der Waals surface area contributed by atoms with Crippen molar-refractivity contribution in [3.8, 4) is 28.5 Å². The van der Waals surface area contributed by atoms with E-state index in [0.717, 1.165) is 35.1 Å². The highest BCUT2D eigenvalue weighted by atomic mass is 16.5. The summed E-state index contributed by atoms with van der Waals surface area (Å²) in [5.41, 5.74) is 3.00. The number of methoxy groups -OCH3 is 3. The molecule has 3 rings (SSSR count). The lowest BCUT2D eigenvalue weighted by molar-refractivity contribution is 0.322. The molecule has 0 atom stereocenters. The molecule has 0 saturated heterocycles. The highest BCUT2D eigenvalue weighted by Gasteiger charge is 2.16. The van der Waals surface area contributed by atoms with Gasteiger partial charge in [0.05, 0.1) is 46.3 Å². The van der Waals surface area contributed by atoms with E-state index >= 15 is 0 Å². The zero-order valence-corrected chi connectivity index (χ0v) is 19.3.